The van der Waals surface area contributed by atoms with E-state index in [4.69, 9.17) is 11.5 Å². The van der Waals surface area contributed by atoms with Gasteiger partial charge in [0.25, 0.3) is 0 Å². The van der Waals surface area contributed by atoms with E-state index in [-0.39, 0.29) is 37.6 Å². The summed E-state index contributed by atoms with van der Waals surface area (Å²) < 4.78 is 0. The normalized spacial score (nSPS) is 14.5. The predicted octanol–water partition coefficient (Wildman–Crippen LogP) is 2.66. The molecule has 1 saturated heterocycles. The third-order valence-corrected chi connectivity index (χ3v) is 5.24. The summed E-state index contributed by atoms with van der Waals surface area (Å²) in [6, 6.07) is -2.54. The Bertz CT molecular complexity index is 801. The second-order valence-electron chi connectivity index (χ2n) is 10.4. The molecule has 5 amide bonds. The van der Waals surface area contributed by atoms with Crippen LogP contribution < -0.4 is 27.4 Å². The van der Waals surface area contributed by atoms with E-state index in [1.165, 1.54) is 11.8 Å². The summed E-state index contributed by atoms with van der Waals surface area (Å²) in [4.78, 5) is 73.4. The van der Waals surface area contributed by atoms with Crippen molar-refractivity contribution in [2.45, 2.75) is 133 Å². The van der Waals surface area contributed by atoms with Gasteiger partial charge in [0, 0.05) is 13.0 Å². The van der Waals surface area contributed by atoms with Gasteiger partial charge in [-0.2, -0.15) is 0 Å². The fourth-order valence-electron chi connectivity index (χ4n) is 3.52. The number of primary amides is 1. The number of nitrogens with two attached hydrogens (primary N) is 2. The fourth-order valence-corrected chi connectivity index (χ4v) is 3.52. The van der Waals surface area contributed by atoms with Crippen LogP contribution in [0.25, 0.3) is 0 Å². The number of nitrogens with zero attached hydrogens (tertiary/aromatic N) is 1. The minimum absolute atomic E-state index is 0.0233. The standard InChI is InChI=1S/C21H36N6O6.C4H10.3C2H6/c1-12(2)9-14(22)20(32)24-10-17(29)26-15(7-6-13(3)28)21(33)25-11-18(30)27-8-4-5-16(27)19(23)31;1-4(2)3;3*1-2/h12,14-16H,4-11,22H2,1-3H3,(H2,23,31)(H,24,32)(H,25,33)(H,26,29);4H,1-3H3;3*1-2H3. The van der Waals surface area contributed by atoms with Crippen LogP contribution in [0.2, 0.25) is 0 Å². The number of amides is 5. The van der Waals surface area contributed by atoms with Crippen molar-refractivity contribution in [3.05, 3.63) is 0 Å². The first-order valence-corrected chi connectivity index (χ1v) is 15.8. The summed E-state index contributed by atoms with van der Waals surface area (Å²) in [5.74, 6) is -1.97. The number of ketones is 1. The lowest BCUT2D eigenvalue weighted by molar-refractivity contribution is -0.138. The van der Waals surface area contributed by atoms with Crippen molar-refractivity contribution in [2.75, 3.05) is 19.6 Å². The molecule has 1 aliphatic heterocycles. The number of rotatable bonds is 13. The van der Waals surface area contributed by atoms with Gasteiger partial charge in [0.05, 0.1) is 19.1 Å². The summed E-state index contributed by atoms with van der Waals surface area (Å²) in [7, 11) is 0. The highest BCUT2D eigenvalue weighted by Crippen LogP contribution is 2.16. The molecule has 1 fully saturated rings. The van der Waals surface area contributed by atoms with Gasteiger partial charge < -0.3 is 37.1 Å². The Balaban J connectivity index is -0.000000673. The number of carbonyl (C=O) groups excluding carboxylic acids is 6. The molecule has 0 aliphatic carbocycles. The van der Waals surface area contributed by atoms with Crippen molar-refractivity contribution in [3.63, 3.8) is 0 Å². The van der Waals surface area contributed by atoms with E-state index in [1.54, 1.807) is 0 Å². The first-order valence-electron chi connectivity index (χ1n) is 15.8. The molecule has 7 N–H and O–H groups in total. The molecule has 0 aromatic carbocycles. The first kappa shape index (κ1) is 46.9. The van der Waals surface area contributed by atoms with Crippen molar-refractivity contribution >= 4 is 35.3 Å². The Labute approximate surface area is 261 Å². The maximum atomic E-state index is 12.6. The summed E-state index contributed by atoms with van der Waals surface area (Å²) in [6.45, 7) is 23.3. The Hall–Kier alpha value is -3.02. The van der Waals surface area contributed by atoms with Gasteiger partial charge in [-0.3, -0.25) is 24.0 Å². The number of hydrogen-bond donors (Lipinski definition) is 5. The molecular formula is C31H64N6O6. The molecule has 254 valence electrons. The number of likely N-dealkylation sites (tertiary alicyclic amines) is 1. The van der Waals surface area contributed by atoms with Crippen molar-refractivity contribution in [3.8, 4) is 0 Å². The van der Waals surface area contributed by atoms with Gasteiger partial charge in [-0.05, 0) is 44.4 Å². The molecule has 1 rings (SSSR count). The van der Waals surface area contributed by atoms with E-state index < -0.39 is 47.7 Å². The van der Waals surface area contributed by atoms with E-state index in [0.29, 0.717) is 25.8 Å². The topological polar surface area (TPSA) is 194 Å². The predicted molar refractivity (Wildman–Crippen MR) is 174 cm³/mol. The van der Waals surface area contributed by atoms with Gasteiger partial charge >= 0.3 is 0 Å². The third-order valence-electron chi connectivity index (χ3n) is 5.24. The average molecular weight is 617 g/mol. The lowest BCUT2D eigenvalue weighted by Gasteiger charge is -2.23. The Morgan fingerprint density at radius 3 is 1.77 bits per heavy atom. The SMILES string of the molecule is CC.CC.CC.CC(=O)CCC(NC(=O)CNC(=O)C(N)CC(C)C)C(=O)NCC(=O)N1CCCC1C(N)=O.CC(C)C. The monoisotopic (exact) mass is 616 g/mol. The van der Waals surface area contributed by atoms with E-state index in [2.05, 4.69) is 36.7 Å². The second kappa shape index (κ2) is 29.1. The molecule has 43 heavy (non-hydrogen) atoms. The van der Waals surface area contributed by atoms with Crippen molar-refractivity contribution in [1.82, 2.24) is 20.9 Å². The van der Waals surface area contributed by atoms with E-state index >= 15 is 0 Å². The van der Waals surface area contributed by atoms with Crippen LogP contribution in [-0.4, -0.2) is 78.0 Å². The quantitative estimate of drug-likeness (QED) is 0.210. The molecule has 0 bridgehead atoms. The number of Topliss-reactive ketones (excluding diaryl/α,β-unsaturated/α-hetero) is 1. The molecule has 1 heterocycles. The molecular weight excluding hydrogens is 552 g/mol. The molecule has 0 aromatic rings. The van der Waals surface area contributed by atoms with Crippen LogP contribution in [0.15, 0.2) is 0 Å². The van der Waals surface area contributed by atoms with Gasteiger partial charge in [-0.25, -0.2) is 0 Å². The van der Waals surface area contributed by atoms with Gasteiger partial charge in [-0.1, -0.05) is 76.2 Å². The molecule has 1 aliphatic rings. The van der Waals surface area contributed by atoms with Gasteiger partial charge in [0.15, 0.2) is 0 Å². The maximum Gasteiger partial charge on any atom is 0.243 e. The zero-order valence-corrected chi connectivity index (χ0v) is 29.1. The van der Waals surface area contributed by atoms with E-state index in [0.717, 1.165) is 5.92 Å². The smallest absolute Gasteiger partial charge is 0.243 e. The highest BCUT2D eigenvalue weighted by Gasteiger charge is 2.33. The molecule has 0 radical (unpaired) electrons. The largest absolute Gasteiger partial charge is 0.368 e. The van der Waals surface area contributed by atoms with Crippen LogP contribution in [0.4, 0.5) is 0 Å². The molecule has 12 nitrogen and oxygen atoms in total. The number of carbonyl (C=O) groups is 6. The Morgan fingerprint density at radius 1 is 0.837 bits per heavy atom. The second-order valence-corrected chi connectivity index (χ2v) is 10.4. The van der Waals surface area contributed by atoms with Crippen LogP contribution in [0, 0.1) is 11.8 Å². The fraction of sp³-hybridized carbons (Fsp3) is 0.806. The Morgan fingerprint density at radius 2 is 1.33 bits per heavy atom. The summed E-state index contributed by atoms with van der Waals surface area (Å²) >= 11 is 0. The average Bonchev–Trinajstić information content (AvgIpc) is 3.45. The highest BCUT2D eigenvalue weighted by atomic mass is 16.2. The van der Waals surface area contributed by atoms with Crippen molar-refractivity contribution < 1.29 is 28.8 Å². The molecule has 3 unspecified atom stereocenters. The Kier molecular flexibility index (Phi) is 31.7. The number of hydrogen-bond acceptors (Lipinski definition) is 7. The van der Waals surface area contributed by atoms with Gasteiger partial charge in [-0.15, -0.1) is 0 Å². The molecule has 0 spiro atoms. The molecule has 0 aromatic heterocycles. The summed E-state index contributed by atoms with van der Waals surface area (Å²) in [5, 5.41) is 7.33. The zero-order valence-electron chi connectivity index (χ0n) is 29.1. The minimum Gasteiger partial charge on any atom is -0.368 e. The highest BCUT2D eigenvalue weighted by molar-refractivity contribution is 5.94. The van der Waals surface area contributed by atoms with E-state index in [1.807, 2.05) is 55.4 Å². The molecule has 3 atom stereocenters. The van der Waals surface area contributed by atoms with Crippen LogP contribution in [0.5, 0.6) is 0 Å². The maximum absolute atomic E-state index is 12.6. The van der Waals surface area contributed by atoms with Crippen LogP contribution in [0.3, 0.4) is 0 Å². The lowest BCUT2D eigenvalue weighted by atomic mass is 10.0. The van der Waals surface area contributed by atoms with Crippen molar-refractivity contribution in [1.29, 1.82) is 0 Å². The summed E-state index contributed by atoms with van der Waals surface area (Å²) in [6.07, 6.45) is 1.62. The third kappa shape index (κ3) is 25.2. The zero-order chi connectivity index (χ0) is 34.7. The van der Waals surface area contributed by atoms with Gasteiger partial charge in [0.1, 0.15) is 17.9 Å². The lowest BCUT2D eigenvalue weighted by Crippen LogP contribution is -2.53. The van der Waals surface area contributed by atoms with Gasteiger partial charge in [0.2, 0.25) is 29.5 Å². The van der Waals surface area contributed by atoms with Crippen LogP contribution >= 0.6 is 0 Å². The first-order chi connectivity index (χ1) is 20.1. The van der Waals surface area contributed by atoms with E-state index in [9.17, 15) is 28.8 Å². The minimum atomic E-state index is -1.08. The van der Waals surface area contributed by atoms with Crippen LogP contribution in [0.1, 0.15) is 115 Å². The molecule has 12 heteroatoms. The summed E-state index contributed by atoms with van der Waals surface area (Å²) in [5.41, 5.74) is 11.1. The number of nitrogens with one attached hydrogen (secondary N) is 3. The van der Waals surface area contributed by atoms with Crippen LogP contribution in [-0.2, 0) is 28.8 Å². The van der Waals surface area contributed by atoms with Crippen molar-refractivity contribution in [2.24, 2.45) is 23.3 Å². The molecule has 0 saturated carbocycles.